The second-order valence-electron chi connectivity index (χ2n) is 6.38. The van der Waals surface area contributed by atoms with Crippen LogP contribution in [0.3, 0.4) is 0 Å². The molecular formula is C19H15Cl2FN4O2. The van der Waals surface area contributed by atoms with E-state index in [1.165, 1.54) is 18.2 Å². The summed E-state index contributed by atoms with van der Waals surface area (Å²) in [4.78, 5) is 18.7. The fourth-order valence-electron chi connectivity index (χ4n) is 3.15. The van der Waals surface area contributed by atoms with Gasteiger partial charge >= 0.3 is 6.03 Å². The van der Waals surface area contributed by atoms with E-state index < -0.39 is 5.82 Å². The molecule has 0 bridgehead atoms. The summed E-state index contributed by atoms with van der Waals surface area (Å²) in [5.74, 6) is 0.230. The Balaban J connectivity index is 1.52. The van der Waals surface area contributed by atoms with Crippen molar-refractivity contribution in [1.29, 1.82) is 0 Å². The third-order valence-corrected chi connectivity index (χ3v) is 5.02. The van der Waals surface area contributed by atoms with Crippen molar-refractivity contribution in [2.75, 3.05) is 11.9 Å². The van der Waals surface area contributed by atoms with E-state index in [0.717, 1.165) is 12.0 Å². The molecule has 1 fully saturated rings. The molecule has 1 unspecified atom stereocenters. The van der Waals surface area contributed by atoms with Gasteiger partial charge in [0.25, 0.3) is 0 Å². The van der Waals surface area contributed by atoms with Gasteiger partial charge in [-0.05, 0) is 43.2 Å². The van der Waals surface area contributed by atoms with E-state index in [1.807, 2.05) is 6.07 Å². The highest BCUT2D eigenvalue weighted by atomic mass is 35.5. The van der Waals surface area contributed by atoms with E-state index in [0.29, 0.717) is 35.4 Å². The first-order valence-corrected chi connectivity index (χ1v) is 9.39. The van der Waals surface area contributed by atoms with Crippen LogP contribution in [0, 0.1) is 5.82 Å². The molecule has 0 radical (unpaired) electrons. The number of amides is 2. The lowest BCUT2D eigenvalue weighted by atomic mass is 10.2. The van der Waals surface area contributed by atoms with Crippen LogP contribution in [0.4, 0.5) is 14.9 Å². The molecule has 3 aromatic rings. The first-order valence-electron chi connectivity index (χ1n) is 8.63. The maximum absolute atomic E-state index is 13.3. The molecule has 6 nitrogen and oxygen atoms in total. The molecule has 1 aliphatic heterocycles. The van der Waals surface area contributed by atoms with E-state index in [4.69, 9.17) is 27.7 Å². The lowest BCUT2D eigenvalue weighted by molar-refractivity contribution is 0.193. The highest BCUT2D eigenvalue weighted by molar-refractivity contribution is 6.31. The van der Waals surface area contributed by atoms with Crippen LogP contribution in [-0.2, 0) is 0 Å². The van der Waals surface area contributed by atoms with Gasteiger partial charge < -0.3 is 14.7 Å². The molecule has 2 amide bonds. The highest BCUT2D eigenvalue weighted by Gasteiger charge is 2.34. The highest BCUT2D eigenvalue weighted by Crippen LogP contribution is 2.33. The Labute approximate surface area is 170 Å². The van der Waals surface area contributed by atoms with E-state index in [9.17, 15) is 9.18 Å². The third kappa shape index (κ3) is 3.81. The van der Waals surface area contributed by atoms with Gasteiger partial charge in [-0.15, -0.1) is 0 Å². The zero-order valence-electron chi connectivity index (χ0n) is 14.5. The minimum Gasteiger partial charge on any atom is -0.337 e. The van der Waals surface area contributed by atoms with Gasteiger partial charge in [-0.3, -0.25) is 0 Å². The molecule has 1 aliphatic rings. The second kappa shape index (κ2) is 7.77. The third-order valence-electron chi connectivity index (χ3n) is 4.49. The molecule has 1 aromatic heterocycles. The molecule has 0 saturated carbocycles. The van der Waals surface area contributed by atoms with Crippen molar-refractivity contribution in [3.63, 3.8) is 0 Å². The number of nitrogens with one attached hydrogen (secondary N) is 1. The Morgan fingerprint density at radius 3 is 2.89 bits per heavy atom. The maximum Gasteiger partial charge on any atom is 0.322 e. The lowest BCUT2D eigenvalue weighted by Crippen LogP contribution is -2.34. The van der Waals surface area contributed by atoms with Crippen molar-refractivity contribution in [3.8, 4) is 11.4 Å². The van der Waals surface area contributed by atoms with Crippen LogP contribution in [0.2, 0.25) is 10.0 Å². The van der Waals surface area contributed by atoms with Crippen molar-refractivity contribution in [1.82, 2.24) is 15.0 Å². The molecular weight excluding hydrogens is 406 g/mol. The topological polar surface area (TPSA) is 71.3 Å². The standard InChI is InChI=1S/C19H15Cl2FN4O2/c20-12-4-1-3-11(9-12)17-24-18(28-25-17)16-5-2-8-26(16)19(27)23-13-6-7-15(22)14(21)10-13/h1,3-4,6-7,9-10,16H,2,5,8H2,(H,23,27). The van der Waals surface area contributed by atoms with E-state index in [2.05, 4.69) is 15.5 Å². The molecule has 28 heavy (non-hydrogen) atoms. The molecule has 2 heterocycles. The summed E-state index contributed by atoms with van der Waals surface area (Å²) in [6, 6.07) is 10.5. The van der Waals surface area contributed by atoms with Gasteiger partial charge in [0.15, 0.2) is 0 Å². The quantitative estimate of drug-likeness (QED) is 0.602. The lowest BCUT2D eigenvalue weighted by Gasteiger charge is -2.22. The number of halogens is 3. The van der Waals surface area contributed by atoms with Gasteiger partial charge in [0.1, 0.15) is 11.9 Å². The summed E-state index contributed by atoms with van der Waals surface area (Å²) >= 11 is 11.8. The molecule has 0 aliphatic carbocycles. The monoisotopic (exact) mass is 420 g/mol. The largest absolute Gasteiger partial charge is 0.337 e. The molecule has 1 N–H and O–H groups in total. The van der Waals surface area contributed by atoms with Crippen LogP contribution in [0.1, 0.15) is 24.8 Å². The van der Waals surface area contributed by atoms with Crippen molar-refractivity contribution in [2.45, 2.75) is 18.9 Å². The van der Waals surface area contributed by atoms with Crippen molar-refractivity contribution in [2.24, 2.45) is 0 Å². The predicted molar refractivity (Wildman–Crippen MR) is 104 cm³/mol. The van der Waals surface area contributed by atoms with Gasteiger partial charge in [-0.25, -0.2) is 9.18 Å². The number of carbonyl (C=O) groups excluding carboxylic acids is 1. The normalized spacial score (nSPS) is 16.4. The van der Waals surface area contributed by atoms with Gasteiger partial charge in [0.05, 0.1) is 5.02 Å². The Morgan fingerprint density at radius 2 is 2.11 bits per heavy atom. The van der Waals surface area contributed by atoms with Crippen molar-refractivity contribution < 1.29 is 13.7 Å². The minimum atomic E-state index is -0.543. The smallest absolute Gasteiger partial charge is 0.322 e. The average Bonchev–Trinajstić information content (AvgIpc) is 3.33. The van der Waals surface area contributed by atoms with Gasteiger partial charge in [0, 0.05) is 22.8 Å². The van der Waals surface area contributed by atoms with Crippen LogP contribution in [0.5, 0.6) is 0 Å². The van der Waals surface area contributed by atoms with Crippen LogP contribution in [-0.4, -0.2) is 27.6 Å². The Kier molecular flexibility index (Phi) is 5.19. The van der Waals surface area contributed by atoms with Crippen molar-refractivity contribution in [3.05, 3.63) is 64.2 Å². The fraction of sp³-hybridized carbons (Fsp3) is 0.211. The number of anilines is 1. The van der Waals surface area contributed by atoms with Gasteiger partial charge in [-0.2, -0.15) is 4.98 Å². The number of rotatable bonds is 3. The number of likely N-dealkylation sites (tertiary alicyclic amines) is 1. The summed E-state index contributed by atoms with van der Waals surface area (Å²) in [5, 5.41) is 7.25. The Morgan fingerprint density at radius 1 is 1.25 bits per heavy atom. The van der Waals surface area contributed by atoms with E-state index >= 15 is 0 Å². The second-order valence-corrected chi connectivity index (χ2v) is 7.22. The Bertz CT molecular complexity index is 1030. The summed E-state index contributed by atoms with van der Waals surface area (Å²) in [5.41, 5.74) is 1.14. The number of benzene rings is 2. The fourth-order valence-corrected chi connectivity index (χ4v) is 3.52. The first-order chi connectivity index (χ1) is 13.5. The summed E-state index contributed by atoms with van der Waals surface area (Å²) < 4.78 is 18.7. The number of nitrogens with zero attached hydrogens (tertiary/aromatic N) is 3. The molecule has 9 heteroatoms. The zero-order chi connectivity index (χ0) is 19.7. The number of urea groups is 1. The summed E-state index contributed by atoms with van der Waals surface area (Å²) in [7, 11) is 0. The molecule has 4 rings (SSSR count). The van der Waals surface area contributed by atoms with Crippen LogP contribution in [0.25, 0.3) is 11.4 Å². The van der Waals surface area contributed by atoms with Gasteiger partial charge in [0.2, 0.25) is 11.7 Å². The molecule has 1 saturated heterocycles. The number of carbonyl (C=O) groups is 1. The van der Waals surface area contributed by atoms with Crippen LogP contribution in [0.15, 0.2) is 47.0 Å². The first kappa shape index (κ1) is 18.7. The minimum absolute atomic E-state index is 0.0566. The van der Waals surface area contributed by atoms with Gasteiger partial charge in [-0.1, -0.05) is 40.5 Å². The van der Waals surface area contributed by atoms with E-state index in [1.54, 1.807) is 23.1 Å². The predicted octanol–water partition coefficient (Wildman–Crippen LogP) is 5.55. The molecule has 1 atom stereocenters. The SMILES string of the molecule is O=C(Nc1ccc(F)c(Cl)c1)N1CCCC1c1nc(-c2cccc(Cl)c2)no1. The van der Waals surface area contributed by atoms with E-state index in [-0.39, 0.29) is 17.1 Å². The molecule has 2 aromatic carbocycles. The van der Waals surface area contributed by atoms with Crippen LogP contribution < -0.4 is 5.32 Å². The molecule has 0 spiro atoms. The zero-order valence-corrected chi connectivity index (χ0v) is 16.0. The summed E-state index contributed by atoms with van der Waals surface area (Å²) in [6.07, 6.45) is 1.51. The number of aromatic nitrogens is 2. The maximum atomic E-state index is 13.3. The average molecular weight is 421 g/mol. The molecule has 144 valence electrons. The number of hydrogen-bond donors (Lipinski definition) is 1. The van der Waals surface area contributed by atoms with Crippen LogP contribution >= 0.6 is 23.2 Å². The Hall–Kier alpha value is -2.64. The number of hydrogen-bond acceptors (Lipinski definition) is 4. The van der Waals surface area contributed by atoms with Crippen molar-refractivity contribution >= 4 is 34.9 Å². The summed E-state index contributed by atoms with van der Waals surface area (Å²) in [6.45, 7) is 0.542.